The smallest absolute Gasteiger partial charge is 0.191 e. The molecule has 0 rings (SSSR count). The Bertz CT molecular complexity index is 44.3. The number of alkyl halides is 1. The molecular weight excluding hydrogens is 123 g/mol. The van der Waals surface area contributed by atoms with Crippen LogP contribution < -0.4 is 0 Å². The summed E-state index contributed by atoms with van der Waals surface area (Å²) < 4.78 is 20.3. The standard InChI is InChI=1S/C6H13FO2/c1-2-3-4-8-6-9-5-7/h2-6H2,1H3. The molecule has 56 valence electrons. The number of rotatable bonds is 6. The van der Waals surface area contributed by atoms with Crippen molar-refractivity contribution in [1.82, 2.24) is 0 Å². The van der Waals surface area contributed by atoms with Gasteiger partial charge in [0.25, 0.3) is 0 Å². The normalized spacial score (nSPS) is 10.0. The van der Waals surface area contributed by atoms with Gasteiger partial charge in [-0.15, -0.1) is 0 Å². The molecule has 9 heavy (non-hydrogen) atoms. The zero-order chi connectivity index (χ0) is 6.95. The summed E-state index contributed by atoms with van der Waals surface area (Å²) in [5.41, 5.74) is 0. The maximum atomic E-state index is 11.2. The van der Waals surface area contributed by atoms with Gasteiger partial charge in [0.2, 0.25) is 0 Å². The summed E-state index contributed by atoms with van der Waals surface area (Å²) >= 11 is 0. The molecule has 0 aromatic heterocycles. The van der Waals surface area contributed by atoms with E-state index in [9.17, 15) is 4.39 Å². The van der Waals surface area contributed by atoms with E-state index in [0.29, 0.717) is 6.61 Å². The first-order chi connectivity index (χ1) is 4.41. The van der Waals surface area contributed by atoms with Crippen molar-refractivity contribution in [2.45, 2.75) is 19.8 Å². The maximum absolute atomic E-state index is 11.2. The third-order valence-corrected chi connectivity index (χ3v) is 0.886. The van der Waals surface area contributed by atoms with Crippen molar-refractivity contribution in [3.05, 3.63) is 0 Å². The number of ether oxygens (including phenoxy) is 2. The van der Waals surface area contributed by atoms with Crippen molar-refractivity contribution in [3.63, 3.8) is 0 Å². The maximum Gasteiger partial charge on any atom is 0.191 e. The molecule has 0 radical (unpaired) electrons. The van der Waals surface area contributed by atoms with Crippen molar-refractivity contribution < 1.29 is 13.9 Å². The topological polar surface area (TPSA) is 18.5 Å². The zero-order valence-electron chi connectivity index (χ0n) is 5.73. The van der Waals surface area contributed by atoms with Crippen molar-refractivity contribution in [1.29, 1.82) is 0 Å². The monoisotopic (exact) mass is 136 g/mol. The molecule has 0 bridgehead atoms. The molecule has 0 fully saturated rings. The van der Waals surface area contributed by atoms with E-state index in [4.69, 9.17) is 4.74 Å². The average molecular weight is 136 g/mol. The van der Waals surface area contributed by atoms with Crippen LogP contribution in [0.25, 0.3) is 0 Å². The van der Waals surface area contributed by atoms with E-state index >= 15 is 0 Å². The highest BCUT2D eigenvalue weighted by molar-refractivity contribution is 4.27. The highest BCUT2D eigenvalue weighted by Gasteiger charge is 1.84. The lowest BCUT2D eigenvalue weighted by Crippen LogP contribution is -1.99. The van der Waals surface area contributed by atoms with Crippen molar-refractivity contribution in [2.75, 3.05) is 20.3 Å². The Morgan fingerprint density at radius 1 is 1.33 bits per heavy atom. The zero-order valence-corrected chi connectivity index (χ0v) is 5.73. The predicted molar refractivity (Wildman–Crippen MR) is 32.8 cm³/mol. The molecule has 0 aromatic carbocycles. The van der Waals surface area contributed by atoms with Crippen LogP contribution in [0.5, 0.6) is 0 Å². The Morgan fingerprint density at radius 3 is 2.67 bits per heavy atom. The van der Waals surface area contributed by atoms with Crippen LogP contribution in [-0.2, 0) is 9.47 Å². The van der Waals surface area contributed by atoms with Gasteiger partial charge in [0.1, 0.15) is 6.79 Å². The van der Waals surface area contributed by atoms with Gasteiger partial charge in [-0.3, -0.25) is 0 Å². The van der Waals surface area contributed by atoms with Crippen molar-refractivity contribution >= 4 is 0 Å². The lowest BCUT2D eigenvalue weighted by molar-refractivity contribution is -0.0827. The van der Waals surface area contributed by atoms with Gasteiger partial charge >= 0.3 is 0 Å². The van der Waals surface area contributed by atoms with E-state index < -0.39 is 6.86 Å². The number of halogens is 1. The Kier molecular flexibility index (Phi) is 7.72. The summed E-state index contributed by atoms with van der Waals surface area (Å²) in [6.45, 7) is 2.05. The van der Waals surface area contributed by atoms with Crippen LogP contribution in [0.15, 0.2) is 0 Å². The Hall–Kier alpha value is -0.150. The Labute approximate surface area is 55.0 Å². The molecule has 3 heteroatoms. The second-order valence-corrected chi connectivity index (χ2v) is 1.69. The van der Waals surface area contributed by atoms with Crippen LogP contribution in [0.4, 0.5) is 4.39 Å². The first-order valence-corrected chi connectivity index (χ1v) is 3.13. The molecule has 0 aliphatic carbocycles. The minimum absolute atomic E-state index is 0.0799. The summed E-state index contributed by atoms with van der Waals surface area (Å²) in [4.78, 5) is 0. The number of hydrogen-bond acceptors (Lipinski definition) is 2. The fourth-order valence-electron chi connectivity index (χ4n) is 0.396. The number of hydrogen-bond donors (Lipinski definition) is 0. The third kappa shape index (κ3) is 7.85. The van der Waals surface area contributed by atoms with Crippen molar-refractivity contribution in [2.24, 2.45) is 0 Å². The molecular formula is C6H13FO2. The third-order valence-electron chi connectivity index (χ3n) is 0.886. The minimum atomic E-state index is -0.758. The van der Waals surface area contributed by atoms with Crippen molar-refractivity contribution in [3.8, 4) is 0 Å². The highest BCUT2D eigenvalue weighted by Crippen LogP contribution is 1.87. The molecule has 0 saturated heterocycles. The van der Waals surface area contributed by atoms with E-state index in [2.05, 4.69) is 11.7 Å². The fraction of sp³-hybridized carbons (Fsp3) is 1.00. The predicted octanol–water partition coefficient (Wildman–Crippen LogP) is 1.70. The Morgan fingerprint density at radius 2 is 2.11 bits per heavy atom. The van der Waals surface area contributed by atoms with E-state index in [1.54, 1.807) is 0 Å². The van der Waals surface area contributed by atoms with Crippen LogP contribution in [0.1, 0.15) is 19.8 Å². The molecule has 0 aliphatic rings. The van der Waals surface area contributed by atoms with Crippen LogP contribution in [-0.4, -0.2) is 20.3 Å². The lowest BCUT2D eigenvalue weighted by atomic mass is 10.4. The van der Waals surface area contributed by atoms with Gasteiger partial charge < -0.3 is 9.47 Å². The molecule has 0 atom stereocenters. The van der Waals surface area contributed by atoms with Gasteiger partial charge in [0.15, 0.2) is 6.86 Å². The first kappa shape index (κ1) is 8.85. The van der Waals surface area contributed by atoms with Gasteiger partial charge in [0.05, 0.1) is 0 Å². The second kappa shape index (κ2) is 7.85. The summed E-state index contributed by atoms with van der Waals surface area (Å²) in [5.74, 6) is 0. The summed E-state index contributed by atoms with van der Waals surface area (Å²) in [6, 6.07) is 0. The SMILES string of the molecule is CCCCOCOCF. The molecule has 2 nitrogen and oxygen atoms in total. The summed E-state index contributed by atoms with van der Waals surface area (Å²) in [7, 11) is 0. The average Bonchev–Trinajstić information content (AvgIpc) is 1.89. The van der Waals surface area contributed by atoms with E-state index in [1.807, 2.05) is 0 Å². The first-order valence-electron chi connectivity index (χ1n) is 3.13. The van der Waals surface area contributed by atoms with Crippen LogP contribution in [0, 0.1) is 0 Å². The van der Waals surface area contributed by atoms with Gasteiger partial charge in [-0.05, 0) is 6.42 Å². The van der Waals surface area contributed by atoms with Crippen LogP contribution in [0.3, 0.4) is 0 Å². The van der Waals surface area contributed by atoms with Gasteiger partial charge in [-0.25, -0.2) is 4.39 Å². The summed E-state index contributed by atoms with van der Waals surface area (Å²) in [6.07, 6.45) is 2.10. The van der Waals surface area contributed by atoms with Crippen LogP contribution >= 0.6 is 0 Å². The van der Waals surface area contributed by atoms with E-state index in [0.717, 1.165) is 12.8 Å². The molecule has 0 aliphatic heterocycles. The van der Waals surface area contributed by atoms with E-state index in [-0.39, 0.29) is 6.79 Å². The minimum Gasteiger partial charge on any atom is -0.355 e. The molecule has 0 unspecified atom stereocenters. The molecule has 0 heterocycles. The molecule has 0 N–H and O–H groups in total. The molecule has 0 saturated carbocycles. The molecule has 0 amide bonds. The quantitative estimate of drug-likeness (QED) is 0.408. The van der Waals surface area contributed by atoms with Gasteiger partial charge in [-0.2, -0.15) is 0 Å². The molecule has 0 aromatic rings. The summed E-state index contributed by atoms with van der Waals surface area (Å²) in [5, 5.41) is 0. The fourth-order valence-corrected chi connectivity index (χ4v) is 0.396. The van der Waals surface area contributed by atoms with Gasteiger partial charge in [0, 0.05) is 6.61 Å². The van der Waals surface area contributed by atoms with Gasteiger partial charge in [-0.1, -0.05) is 13.3 Å². The second-order valence-electron chi connectivity index (χ2n) is 1.69. The van der Waals surface area contributed by atoms with E-state index in [1.165, 1.54) is 0 Å². The number of unbranched alkanes of at least 4 members (excludes halogenated alkanes) is 1. The highest BCUT2D eigenvalue weighted by atomic mass is 19.1. The Balaban J connectivity index is 2.60. The van der Waals surface area contributed by atoms with Crippen LogP contribution in [0.2, 0.25) is 0 Å². The largest absolute Gasteiger partial charge is 0.355 e. The molecule has 0 spiro atoms. The lowest BCUT2D eigenvalue weighted by Gasteiger charge is -1.99.